The van der Waals surface area contributed by atoms with Crippen LogP contribution in [0.4, 0.5) is 0 Å². The van der Waals surface area contributed by atoms with E-state index in [1.165, 1.54) is 12.8 Å². The van der Waals surface area contributed by atoms with Gasteiger partial charge in [-0.3, -0.25) is 4.90 Å². The summed E-state index contributed by atoms with van der Waals surface area (Å²) in [5.74, 6) is 0. The molecule has 13 heavy (non-hydrogen) atoms. The zero-order valence-corrected chi connectivity index (χ0v) is 8.44. The van der Waals surface area contributed by atoms with Crippen LogP contribution < -0.4 is 5.73 Å². The van der Waals surface area contributed by atoms with Crippen LogP contribution in [0.5, 0.6) is 0 Å². The third-order valence-electron chi connectivity index (χ3n) is 2.69. The Labute approximate surface area is 79.7 Å². The molecule has 2 atom stereocenters. The van der Waals surface area contributed by atoms with E-state index in [1.54, 1.807) is 7.11 Å². The van der Waals surface area contributed by atoms with Gasteiger partial charge in [-0.2, -0.15) is 0 Å². The number of methoxy groups -OCH3 is 1. The third kappa shape index (κ3) is 2.91. The van der Waals surface area contributed by atoms with E-state index in [0.29, 0.717) is 12.6 Å². The van der Waals surface area contributed by atoms with Crippen LogP contribution in [0, 0.1) is 0 Å². The Morgan fingerprint density at radius 1 is 1.62 bits per heavy atom. The number of nitrogens with zero attached hydrogens (tertiary/aromatic N) is 1. The second-order valence-corrected chi connectivity index (χ2v) is 3.77. The van der Waals surface area contributed by atoms with Gasteiger partial charge in [0, 0.05) is 19.2 Å². The summed E-state index contributed by atoms with van der Waals surface area (Å²) >= 11 is 0. The van der Waals surface area contributed by atoms with Crippen LogP contribution in [-0.4, -0.2) is 55.5 Å². The van der Waals surface area contributed by atoms with Crippen molar-refractivity contribution in [1.82, 2.24) is 4.90 Å². The molecule has 78 valence electrons. The van der Waals surface area contributed by atoms with Gasteiger partial charge in [0.1, 0.15) is 0 Å². The summed E-state index contributed by atoms with van der Waals surface area (Å²) in [6.07, 6.45) is 2.46. The monoisotopic (exact) mass is 188 g/mol. The maximum atomic E-state index is 9.19. The molecule has 4 nitrogen and oxygen atoms in total. The van der Waals surface area contributed by atoms with E-state index < -0.39 is 0 Å². The van der Waals surface area contributed by atoms with Gasteiger partial charge in [0.05, 0.1) is 19.3 Å². The number of aliphatic hydroxyl groups is 1. The molecule has 0 aliphatic heterocycles. The van der Waals surface area contributed by atoms with Crippen LogP contribution in [0.2, 0.25) is 0 Å². The first-order valence-electron chi connectivity index (χ1n) is 4.78. The molecule has 4 heteroatoms. The molecule has 0 radical (unpaired) electrons. The summed E-state index contributed by atoms with van der Waals surface area (Å²) in [6.45, 7) is 0.611. The average Bonchev–Trinajstić information content (AvgIpc) is 2.88. The highest BCUT2D eigenvalue weighted by atomic mass is 16.5. The quantitative estimate of drug-likeness (QED) is 0.585. The molecule has 1 aliphatic carbocycles. The summed E-state index contributed by atoms with van der Waals surface area (Å²) in [6, 6.07) is 0.563. The zero-order valence-electron chi connectivity index (χ0n) is 8.44. The molecule has 2 unspecified atom stereocenters. The van der Waals surface area contributed by atoms with Crippen LogP contribution in [-0.2, 0) is 4.74 Å². The van der Waals surface area contributed by atoms with E-state index in [0.717, 1.165) is 0 Å². The minimum Gasteiger partial charge on any atom is -0.395 e. The third-order valence-corrected chi connectivity index (χ3v) is 2.69. The predicted molar refractivity (Wildman–Crippen MR) is 51.5 cm³/mol. The lowest BCUT2D eigenvalue weighted by molar-refractivity contribution is 0.0814. The number of ether oxygens (including phenoxy) is 1. The molecule has 1 fully saturated rings. The molecule has 0 saturated heterocycles. The van der Waals surface area contributed by atoms with Gasteiger partial charge in [0.2, 0.25) is 0 Å². The molecule has 0 aromatic rings. The first-order valence-corrected chi connectivity index (χ1v) is 4.78. The van der Waals surface area contributed by atoms with Gasteiger partial charge >= 0.3 is 0 Å². The highest BCUT2D eigenvalue weighted by Crippen LogP contribution is 2.27. The van der Waals surface area contributed by atoms with Crippen molar-refractivity contribution in [3.05, 3.63) is 0 Å². The molecule has 0 heterocycles. The second-order valence-electron chi connectivity index (χ2n) is 3.77. The van der Waals surface area contributed by atoms with Gasteiger partial charge in [-0.25, -0.2) is 0 Å². The molecule has 0 spiro atoms. The number of nitrogens with two attached hydrogens (primary N) is 1. The number of hydrogen-bond donors (Lipinski definition) is 2. The maximum Gasteiger partial charge on any atom is 0.0629 e. The van der Waals surface area contributed by atoms with E-state index in [-0.39, 0.29) is 18.7 Å². The smallest absolute Gasteiger partial charge is 0.0629 e. The fourth-order valence-corrected chi connectivity index (χ4v) is 1.62. The molecule has 1 aliphatic rings. The van der Waals surface area contributed by atoms with E-state index in [2.05, 4.69) is 4.90 Å². The van der Waals surface area contributed by atoms with Crippen molar-refractivity contribution < 1.29 is 9.84 Å². The fraction of sp³-hybridized carbons (Fsp3) is 1.00. The lowest BCUT2D eigenvalue weighted by atomic mass is 10.1. The van der Waals surface area contributed by atoms with Gasteiger partial charge in [-0.05, 0) is 19.9 Å². The first kappa shape index (κ1) is 10.9. The van der Waals surface area contributed by atoms with Crippen LogP contribution in [0.25, 0.3) is 0 Å². The molecule has 3 N–H and O–H groups in total. The Morgan fingerprint density at radius 3 is 2.62 bits per heavy atom. The number of aliphatic hydroxyl groups excluding tert-OH is 1. The Kier molecular flexibility index (Phi) is 4.12. The van der Waals surface area contributed by atoms with Crippen LogP contribution in [0.15, 0.2) is 0 Å². The fourth-order valence-electron chi connectivity index (χ4n) is 1.62. The van der Waals surface area contributed by atoms with E-state index in [9.17, 15) is 5.11 Å². The van der Waals surface area contributed by atoms with Crippen molar-refractivity contribution in [2.24, 2.45) is 5.73 Å². The molecular formula is C9H20N2O2. The topological polar surface area (TPSA) is 58.7 Å². The van der Waals surface area contributed by atoms with Crippen molar-refractivity contribution in [3.8, 4) is 0 Å². The normalized spacial score (nSPS) is 21.9. The highest BCUT2D eigenvalue weighted by molar-refractivity contribution is 4.90. The van der Waals surface area contributed by atoms with Gasteiger partial charge in [-0.15, -0.1) is 0 Å². The maximum absolute atomic E-state index is 9.19. The van der Waals surface area contributed by atoms with Gasteiger partial charge < -0.3 is 15.6 Å². The van der Waals surface area contributed by atoms with Gasteiger partial charge in [0.25, 0.3) is 0 Å². The first-order chi connectivity index (χ1) is 6.20. The van der Waals surface area contributed by atoms with Crippen LogP contribution in [0.3, 0.4) is 0 Å². The SMILES string of the molecule is COCC(N)C(CO)N(C)C1CC1. The van der Waals surface area contributed by atoms with Crippen molar-refractivity contribution in [3.63, 3.8) is 0 Å². The van der Waals surface area contributed by atoms with E-state index in [1.807, 2.05) is 7.05 Å². The molecule has 1 rings (SSSR count). The van der Waals surface area contributed by atoms with Crippen molar-refractivity contribution in [2.75, 3.05) is 27.4 Å². The lowest BCUT2D eigenvalue weighted by Gasteiger charge is -2.30. The van der Waals surface area contributed by atoms with Crippen LogP contribution >= 0.6 is 0 Å². The predicted octanol–water partition coefficient (Wildman–Crippen LogP) is -0.585. The van der Waals surface area contributed by atoms with E-state index in [4.69, 9.17) is 10.5 Å². The summed E-state index contributed by atoms with van der Waals surface area (Å²) < 4.78 is 4.97. The van der Waals surface area contributed by atoms with Crippen molar-refractivity contribution in [2.45, 2.75) is 31.0 Å². The lowest BCUT2D eigenvalue weighted by Crippen LogP contribution is -2.51. The zero-order chi connectivity index (χ0) is 9.84. The number of rotatable bonds is 6. The molecule has 0 amide bonds. The van der Waals surface area contributed by atoms with Crippen molar-refractivity contribution >= 4 is 0 Å². The molecule has 0 bridgehead atoms. The summed E-state index contributed by atoms with van der Waals surface area (Å²) in [4.78, 5) is 2.17. The Hall–Kier alpha value is -0.160. The minimum absolute atomic E-state index is 0.0347. The van der Waals surface area contributed by atoms with Gasteiger partial charge in [0.15, 0.2) is 0 Å². The summed E-state index contributed by atoms with van der Waals surface area (Å²) in [5.41, 5.74) is 5.88. The van der Waals surface area contributed by atoms with Crippen LogP contribution in [0.1, 0.15) is 12.8 Å². The Bertz CT molecular complexity index is 151. The standard InChI is InChI=1S/C9H20N2O2/c1-11(7-3-4-7)9(5-12)8(10)6-13-2/h7-9,12H,3-6,10H2,1-2H3. The van der Waals surface area contributed by atoms with E-state index >= 15 is 0 Å². The molecular weight excluding hydrogens is 168 g/mol. The molecule has 0 aromatic heterocycles. The second kappa shape index (κ2) is 4.91. The number of likely N-dealkylation sites (N-methyl/N-ethyl adjacent to an activating group) is 1. The Balaban J connectivity index is 2.39. The highest BCUT2D eigenvalue weighted by Gasteiger charge is 2.33. The Morgan fingerprint density at radius 2 is 2.23 bits per heavy atom. The minimum atomic E-state index is -0.0967. The molecule has 1 saturated carbocycles. The van der Waals surface area contributed by atoms with Crippen molar-refractivity contribution in [1.29, 1.82) is 0 Å². The average molecular weight is 188 g/mol. The summed E-state index contributed by atoms with van der Waals surface area (Å²) in [5, 5.41) is 9.19. The largest absolute Gasteiger partial charge is 0.395 e. The number of hydrogen-bond acceptors (Lipinski definition) is 4. The molecule has 0 aromatic carbocycles. The van der Waals surface area contributed by atoms with Gasteiger partial charge in [-0.1, -0.05) is 0 Å². The summed E-state index contributed by atoms with van der Waals surface area (Å²) in [7, 11) is 3.65.